The van der Waals surface area contributed by atoms with Crippen LogP contribution in [0.2, 0.25) is 0 Å². The summed E-state index contributed by atoms with van der Waals surface area (Å²) in [5, 5.41) is 3.40. The summed E-state index contributed by atoms with van der Waals surface area (Å²) in [5.41, 5.74) is 2.29. The van der Waals surface area contributed by atoms with Gasteiger partial charge in [-0.15, -0.1) is 0 Å². The molecule has 1 N–H and O–H groups in total. The summed E-state index contributed by atoms with van der Waals surface area (Å²) in [6, 6.07) is 8.72. The van der Waals surface area contributed by atoms with Gasteiger partial charge in [-0.2, -0.15) is 4.98 Å². The normalized spacial score (nSPS) is 15.2. The third kappa shape index (κ3) is 3.85. The molecule has 1 saturated carbocycles. The van der Waals surface area contributed by atoms with E-state index in [1.54, 1.807) is 6.26 Å². The molecule has 4 heteroatoms. The van der Waals surface area contributed by atoms with Gasteiger partial charge in [-0.05, 0) is 36.0 Å². The van der Waals surface area contributed by atoms with E-state index in [2.05, 4.69) is 43.2 Å². The van der Waals surface area contributed by atoms with Gasteiger partial charge in [0.1, 0.15) is 12.0 Å². The Morgan fingerprint density at radius 1 is 1.24 bits per heavy atom. The van der Waals surface area contributed by atoms with Gasteiger partial charge in [0.25, 0.3) is 0 Å². The number of oxazole rings is 1. The van der Waals surface area contributed by atoms with Crippen molar-refractivity contribution in [3.63, 3.8) is 0 Å². The van der Waals surface area contributed by atoms with E-state index in [9.17, 15) is 0 Å². The first kappa shape index (κ1) is 14.1. The zero-order valence-corrected chi connectivity index (χ0v) is 12.8. The van der Waals surface area contributed by atoms with E-state index in [0.717, 1.165) is 18.0 Å². The molecule has 0 amide bonds. The van der Waals surface area contributed by atoms with Crippen molar-refractivity contribution in [2.24, 2.45) is 0 Å². The average Bonchev–Trinajstić information content (AvgIpc) is 3.16. The predicted octanol–water partition coefficient (Wildman–Crippen LogP) is 4.02. The molecule has 1 fully saturated rings. The average molecular weight is 286 g/mol. The van der Waals surface area contributed by atoms with E-state index in [-0.39, 0.29) is 5.41 Å². The van der Waals surface area contributed by atoms with Crippen LogP contribution in [-0.4, -0.2) is 11.0 Å². The lowest BCUT2D eigenvalue weighted by atomic mass is 9.87. The SMILES string of the molecule is CC(C)(C)c1ccc(Oc2nc(CNC3CC3)co2)cc1. The number of ether oxygens (including phenoxy) is 1. The van der Waals surface area contributed by atoms with Crippen LogP contribution >= 0.6 is 0 Å². The molecule has 1 aliphatic rings. The number of nitrogens with zero attached hydrogens (tertiary/aromatic N) is 1. The molecule has 3 rings (SSSR count). The summed E-state index contributed by atoms with van der Waals surface area (Å²) < 4.78 is 11.0. The zero-order valence-electron chi connectivity index (χ0n) is 12.8. The first-order valence-corrected chi connectivity index (χ1v) is 7.47. The molecule has 1 aromatic heterocycles. The highest BCUT2D eigenvalue weighted by atomic mass is 16.6. The van der Waals surface area contributed by atoms with E-state index in [0.29, 0.717) is 12.1 Å². The molecule has 1 heterocycles. The Morgan fingerprint density at radius 2 is 1.95 bits per heavy atom. The van der Waals surface area contributed by atoms with Crippen LogP contribution in [0, 0.1) is 0 Å². The Bertz CT molecular complexity index is 592. The molecule has 21 heavy (non-hydrogen) atoms. The molecule has 0 spiro atoms. The zero-order chi connectivity index (χ0) is 14.9. The molecular formula is C17H22N2O2. The second-order valence-electron chi connectivity index (χ2n) is 6.64. The third-order valence-electron chi connectivity index (χ3n) is 3.61. The fourth-order valence-corrected chi connectivity index (χ4v) is 2.08. The standard InChI is InChI=1S/C17H22N2O2/c1-17(2,3)12-4-8-15(9-5-12)21-16-19-14(11-20-16)10-18-13-6-7-13/h4-5,8-9,11,13,18H,6-7,10H2,1-3H3. The minimum Gasteiger partial charge on any atom is -0.417 e. The lowest BCUT2D eigenvalue weighted by Crippen LogP contribution is -2.15. The van der Waals surface area contributed by atoms with Crippen molar-refractivity contribution in [3.8, 4) is 11.8 Å². The second-order valence-corrected chi connectivity index (χ2v) is 6.64. The van der Waals surface area contributed by atoms with Crippen molar-refractivity contribution >= 4 is 0 Å². The molecule has 112 valence electrons. The topological polar surface area (TPSA) is 47.3 Å². The van der Waals surface area contributed by atoms with Crippen LogP contribution < -0.4 is 10.1 Å². The van der Waals surface area contributed by atoms with E-state index in [1.807, 2.05) is 12.1 Å². The highest BCUT2D eigenvalue weighted by Gasteiger charge is 2.20. The number of nitrogens with one attached hydrogen (secondary N) is 1. The van der Waals surface area contributed by atoms with Crippen LogP contribution in [0.15, 0.2) is 34.9 Å². The monoisotopic (exact) mass is 286 g/mol. The first-order chi connectivity index (χ1) is 10.0. The van der Waals surface area contributed by atoms with Crippen LogP contribution in [-0.2, 0) is 12.0 Å². The van der Waals surface area contributed by atoms with Crippen LogP contribution in [0.25, 0.3) is 0 Å². The third-order valence-corrected chi connectivity index (χ3v) is 3.61. The number of rotatable bonds is 5. The second kappa shape index (κ2) is 5.53. The maximum Gasteiger partial charge on any atom is 0.399 e. The van der Waals surface area contributed by atoms with Crippen molar-refractivity contribution in [3.05, 3.63) is 41.8 Å². The summed E-state index contributed by atoms with van der Waals surface area (Å²) >= 11 is 0. The van der Waals surface area contributed by atoms with Crippen molar-refractivity contribution in [2.75, 3.05) is 0 Å². The molecule has 0 saturated heterocycles. The van der Waals surface area contributed by atoms with Crippen LogP contribution in [0.4, 0.5) is 0 Å². The van der Waals surface area contributed by atoms with Crippen molar-refractivity contribution in [1.82, 2.24) is 10.3 Å². The van der Waals surface area contributed by atoms with Crippen molar-refractivity contribution in [2.45, 2.75) is 51.6 Å². The summed E-state index contributed by atoms with van der Waals surface area (Å²) in [6.07, 6.45) is 4.47. The van der Waals surface area contributed by atoms with Gasteiger partial charge in [0.15, 0.2) is 0 Å². The number of hydrogen-bond donors (Lipinski definition) is 1. The number of aromatic nitrogens is 1. The van der Waals surface area contributed by atoms with Gasteiger partial charge in [0.05, 0.1) is 5.69 Å². The predicted molar refractivity (Wildman–Crippen MR) is 81.6 cm³/mol. The van der Waals surface area contributed by atoms with Gasteiger partial charge in [0, 0.05) is 12.6 Å². The van der Waals surface area contributed by atoms with Gasteiger partial charge in [0.2, 0.25) is 0 Å². The van der Waals surface area contributed by atoms with Crippen LogP contribution in [0.5, 0.6) is 11.8 Å². The molecule has 0 aliphatic heterocycles. The van der Waals surface area contributed by atoms with Gasteiger partial charge >= 0.3 is 6.08 Å². The Morgan fingerprint density at radius 3 is 2.57 bits per heavy atom. The minimum atomic E-state index is 0.142. The fraction of sp³-hybridized carbons (Fsp3) is 0.471. The van der Waals surface area contributed by atoms with Gasteiger partial charge < -0.3 is 14.5 Å². The minimum absolute atomic E-state index is 0.142. The van der Waals surface area contributed by atoms with Gasteiger partial charge in [-0.1, -0.05) is 32.9 Å². The summed E-state index contributed by atoms with van der Waals surface area (Å²) in [4.78, 5) is 4.33. The molecule has 0 atom stereocenters. The Hall–Kier alpha value is -1.81. The van der Waals surface area contributed by atoms with Crippen molar-refractivity contribution in [1.29, 1.82) is 0 Å². The van der Waals surface area contributed by atoms with E-state index >= 15 is 0 Å². The van der Waals surface area contributed by atoms with Crippen LogP contribution in [0.3, 0.4) is 0 Å². The highest BCUT2D eigenvalue weighted by Crippen LogP contribution is 2.26. The molecule has 0 unspecified atom stereocenters. The number of hydrogen-bond acceptors (Lipinski definition) is 4. The fourth-order valence-electron chi connectivity index (χ4n) is 2.08. The summed E-state index contributed by atoms with van der Waals surface area (Å²) in [6.45, 7) is 7.31. The first-order valence-electron chi connectivity index (χ1n) is 7.47. The maximum absolute atomic E-state index is 5.64. The largest absolute Gasteiger partial charge is 0.417 e. The van der Waals surface area contributed by atoms with Gasteiger partial charge in [-0.3, -0.25) is 0 Å². The molecule has 4 nitrogen and oxygen atoms in total. The lowest BCUT2D eigenvalue weighted by molar-refractivity contribution is 0.330. The highest BCUT2D eigenvalue weighted by molar-refractivity contribution is 5.32. The quantitative estimate of drug-likeness (QED) is 0.902. The van der Waals surface area contributed by atoms with E-state index < -0.39 is 0 Å². The van der Waals surface area contributed by atoms with Gasteiger partial charge in [-0.25, -0.2) is 0 Å². The van der Waals surface area contributed by atoms with Crippen LogP contribution in [0.1, 0.15) is 44.9 Å². The maximum atomic E-state index is 5.64. The Kier molecular flexibility index (Phi) is 3.72. The Balaban J connectivity index is 1.60. The van der Waals surface area contributed by atoms with E-state index in [4.69, 9.17) is 9.15 Å². The van der Waals surface area contributed by atoms with Crippen molar-refractivity contribution < 1.29 is 9.15 Å². The lowest BCUT2D eigenvalue weighted by Gasteiger charge is -2.18. The summed E-state index contributed by atoms with van der Waals surface area (Å²) in [7, 11) is 0. The summed E-state index contributed by atoms with van der Waals surface area (Å²) in [5.74, 6) is 0.742. The Labute approximate surface area is 125 Å². The molecule has 2 aromatic rings. The molecule has 1 aliphatic carbocycles. The molecule has 1 aromatic carbocycles. The molecule has 0 radical (unpaired) electrons. The molecular weight excluding hydrogens is 264 g/mol. The molecule has 0 bridgehead atoms. The van der Waals surface area contributed by atoms with E-state index in [1.165, 1.54) is 18.4 Å². The number of benzene rings is 1. The smallest absolute Gasteiger partial charge is 0.399 e.